The molecule has 0 aliphatic carbocycles. The van der Waals surface area contributed by atoms with Crippen LogP contribution >= 0.6 is 0 Å². The molecule has 0 atom stereocenters. The lowest BCUT2D eigenvalue weighted by Gasteiger charge is -2.25. The molecule has 0 N–H and O–H groups in total. The molecule has 2 heterocycles. The van der Waals surface area contributed by atoms with E-state index in [-0.39, 0.29) is 5.41 Å². The van der Waals surface area contributed by atoms with Gasteiger partial charge in [-0.15, -0.1) is 0 Å². The lowest BCUT2D eigenvalue weighted by atomic mass is 9.84. The minimum absolute atomic E-state index is 0.217. The highest BCUT2D eigenvalue weighted by molar-refractivity contribution is 6.16. The van der Waals surface area contributed by atoms with Crippen molar-refractivity contribution in [1.82, 2.24) is 0 Å². The number of hydrogen-bond acceptors (Lipinski definition) is 1. The first-order valence-electron chi connectivity index (χ1n) is 11.8. The smallest absolute Gasteiger partial charge is 0.228 e. The molecule has 5 aromatic rings. The summed E-state index contributed by atoms with van der Waals surface area (Å²) in [4.78, 5) is 0. The largest absolute Gasteiger partial charge is 0.455 e. The Morgan fingerprint density at radius 2 is 1.48 bits per heavy atom. The van der Waals surface area contributed by atoms with Gasteiger partial charge in [-0.05, 0) is 64.4 Å². The van der Waals surface area contributed by atoms with Crippen LogP contribution in [0.5, 0.6) is 11.5 Å². The van der Waals surface area contributed by atoms with Gasteiger partial charge in [-0.1, -0.05) is 63.2 Å². The van der Waals surface area contributed by atoms with Crippen molar-refractivity contribution in [1.29, 1.82) is 0 Å². The summed E-state index contributed by atoms with van der Waals surface area (Å²) in [6.07, 6.45) is 3.23. The molecule has 0 saturated heterocycles. The molecular formula is C31H30NO+. The van der Waals surface area contributed by atoms with Crippen LogP contribution in [0.1, 0.15) is 37.5 Å². The second-order valence-corrected chi connectivity index (χ2v) is 10.8. The minimum atomic E-state index is 0.217. The summed E-state index contributed by atoms with van der Waals surface area (Å²) in [7, 11) is 2.15. The Hall–Kier alpha value is -3.39. The molecule has 0 unspecified atom stereocenters. The zero-order valence-electron chi connectivity index (χ0n) is 20.3. The first-order chi connectivity index (χ1) is 15.7. The number of ether oxygens (including phenoxy) is 1. The van der Waals surface area contributed by atoms with E-state index in [1.54, 1.807) is 0 Å². The zero-order valence-corrected chi connectivity index (χ0v) is 20.3. The molecule has 1 aliphatic rings. The van der Waals surface area contributed by atoms with E-state index < -0.39 is 0 Å². The number of benzene rings is 4. The summed E-state index contributed by atoms with van der Waals surface area (Å²) in [6.45, 7) is 11.3. The fourth-order valence-electron chi connectivity index (χ4n) is 5.73. The molecule has 6 rings (SSSR count). The molecule has 164 valence electrons. The summed E-state index contributed by atoms with van der Waals surface area (Å²) in [5.74, 6) is 1.96. The molecule has 0 amide bonds. The van der Waals surface area contributed by atoms with Crippen LogP contribution < -0.4 is 9.30 Å². The zero-order chi connectivity index (χ0) is 23.1. The van der Waals surface area contributed by atoms with E-state index in [1.807, 2.05) is 0 Å². The molecule has 0 radical (unpaired) electrons. The topological polar surface area (TPSA) is 13.1 Å². The summed E-state index contributed by atoms with van der Waals surface area (Å²) in [6, 6.07) is 20.0. The highest BCUT2D eigenvalue weighted by Crippen LogP contribution is 2.51. The molecule has 1 aliphatic heterocycles. The highest BCUT2D eigenvalue weighted by Gasteiger charge is 2.32. The standard InChI is InChI=1S/C31H30NO/c1-18-21-11-7-8-12-22(21)19(2)30-27(18)29-28-24(14-15-32(29)6)23-13-9-10-20(17-31(3,4)5)25(23)16-26(28)33-30/h7-16H,17H2,1-6H3/q+1. The average Bonchev–Trinajstić information content (AvgIpc) is 2.78. The SMILES string of the molecule is Cc1c2c(c(C)c3ccccc13)-c1c3c(cc4c(CC(C)(C)C)cccc4c3cc[n+]1C)O2. The second kappa shape index (κ2) is 6.81. The first-order valence-corrected chi connectivity index (χ1v) is 11.8. The molecular weight excluding hydrogens is 402 g/mol. The second-order valence-electron chi connectivity index (χ2n) is 10.8. The molecule has 0 saturated carbocycles. The Morgan fingerprint density at radius 1 is 0.788 bits per heavy atom. The fraction of sp³-hybridized carbons (Fsp3) is 0.258. The van der Waals surface area contributed by atoms with Gasteiger partial charge in [0, 0.05) is 17.0 Å². The Bertz CT molecular complexity index is 1620. The van der Waals surface area contributed by atoms with Crippen molar-refractivity contribution in [3.05, 3.63) is 77.5 Å². The number of hydrogen-bond donors (Lipinski definition) is 0. The lowest BCUT2D eigenvalue weighted by molar-refractivity contribution is -0.659. The van der Waals surface area contributed by atoms with E-state index in [9.17, 15) is 0 Å². The third-order valence-corrected chi connectivity index (χ3v) is 7.18. The number of rotatable bonds is 1. The monoisotopic (exact) mass is 432 g/mol. The lowest BCUT2D eigenvalue weighted by Crippen LogP contribution is -2.32. The van der Waals surface area contributed by atoms with Crippen LogP contribution in [0.15, 0.2) is 60.8 Å². The number of pyridine rings is 1. The molecule has 0 spiro atoms. The Labute approximate surface area is 195 Å². The van der Waals surface area contributed by atoms with Gasteiger partial charge < -0.3 is 4.74 Å². The number of fused-ring (bicyclic) bond motifs is 5. The summed E-state index contributed by atoms with van der Waals surface area (Å²) < 4.78 is 9.07. The van der Waals surface area contributed by atoms with E-state index in [2.05, 4.69) is 107 Å². The van der Waals surface area contributed by atoms with Gasteiger partial charge in [0.2, 0.25) is 5.69 Å². The summed E-state index contributed by atoms with van der Waals surface area (Å²) in [5.41, 5.74) is 6.55. The maximum absolute atomic E-state index is 6.80. The van der Waals surface area contributed by atoms with Gasteiger partial charge in [-0.25, -0.2) is 4.57 Å². The van der Waals surface area contributed by atoms with Crippen molar-refractivity contribution >= 4 is 32.3 Å². The van der Waals surface area contributed by atoms with Crippen LogP contribution in [0.2, 0.25) is 0 Å². The van der Waals surface area contributed by atoms with Gasteiger partial charge in [0.15, 0.2) is 6.20 Å². The van der Waals surface area contributed by atoms with Crippen LogP contribution in [0.25, 0.3) is 43.6 Å². The van der Waals surface area contributed by atoms with Crippen molar-refractivity contribution in [2.45, 2.75) is 41.0 Å². The molecule has 4 aromatic carbocycles. The minimum Gasteiger partial charge on any atom is -0.455 e. The maximum Gasteiger partial charge on any atom is 0.228 e. The van der Waals surface area contributed by atoms with Crippen molar-refractivity contribution in [3.8, 4) is 22.8 Å². The van der Waals surface area contributed by atoms with E-state index in [4.69, 9.17) is 4.74 Å². The molecule has 1 aromatic heterocycles. The quantitative estimate of drug-likeness (QED) is 0.190. The van der Waals surface area contributed by atoms with Crippen LogP contribution in [0.4, 0.5) is 0 Å². The number of aryl methyl sites for hydroxylation is 3. The molecule has 0 bridgehead atoms. The normalized spacial score (nSPS) is 12.9. The molecule has 2 heteroatoms. The average molecular weight is 433 g/mol. The third kappa shape index (κ3) is 2.90. The van der Waals surface area contributed by atoms with Gasteiger partial charge >= 0.3 is 0 Å². The van der Waals surface area contributed by atoms with Crippen LogP contribution in [0.3, 0.4) is 0 Å². The molecule has 33 heavy (non-hydrogen) atoms. The Morgan fingerprint density at radius 3 is 2.21 bits per heavy atom. The van der Waals surface area contributed by atoms with E-state index in [0.29, 0.717) is 0 Å². The van der Waals surface area contributed by atoms with E-state index in [0.717, 1.165) is 17.9 Å². The van der Waals surface area contributed by atoms with Crippen LogP contribution in [-0.2, 0) is 13.5 Å². The van der Waals surface area contributed by atoms with Gasteiger partial charge in [0.25, 0.3) is 0 Å². The van der Waals surface area contributed by atoms with E-state index in [1.165, 1.54) is 60.3 Å². The molecule has 0 fully saturated rings. The fourth-order valence-corrected chi connectivity index (χ4v) is 5.73. The van der Waals surface area contributed by atoms with E-state index >= 15 is 0 Å². The van der Waals surface area contributed by atoms with Crippen LogP contribution in [0, 0.1) is 19.3 Å². The van der Waals surface area contributed by atoms with Gasteiger partial charge in [-0.2, -0.15) is 0 Å². The van der Waals surface area contributed by atoms with Gasteiger partial charge in [0.05, 0.1) is 10.9 Å². The Balaban J connectivity index is 1.77. The van der Waals surface area contributed by atoms with Crippen molar-refractivity contribution in [2.75, 3.05) is 0 Å². The van der Waals surface area contributed by atoms with Crippen molar-refractivity contribution < 1.29 is 9.30 Å². The van der Waals surface area contributed by atoms with Crippen molar-refractivity contribution in [2.24, 2.45) is 12.5 Å². The third-order valence-electron chi connectivity index (χ3n) is 7.18. The highest BCUT2D eigenvalue weighted by atomic mass is 16.5. The Kier molecular flexibility index (Phi) is 4.17. The van der Waals surface area contributed by atoms with Crippen LogP contribution in [-0.4, -0.2) is 0 Å². The summed E-state index contributed by atoms with van der Waals surface area (Å²) in [5, 5.41) is 7.65. The first kappa shape index (κ1) is 20.2. The van der Waals surface area contributed by atoms with Crippen molar-refractivity contribution in [3.63, 3.8) is 0 Å². The number of aromatic nitrogens is 1. The maximum atomic E-state index is 6.80. The van der Waals surface area contributed by atoms with Gasteiger partial charge in [0.1, 0.15) is 18.5 Å². The predicted molar refractivity (Wildman–Crippen MR) is 138 cm³/mol. The summed E-state index contributed by atoms with van der Waals surface area (Å²) >= 11 is 0. The molecule has 2 nitrogen and oxygen atoms in total. The van der Waals surface area contributed by atoms with Gasteiger partial charge in [-0.3, -0.25) is 0 Å². The predicted octanol–water partition coefficient (Wildman–Crippen LogP) is 7.95. The number of nitrogens with zero attached hydrogens (tertiary/aromatic N) is 1.